The first-order valence-electron chi connectivity index (χ1n) is 10.1. The van der Waals surface area contributed by atoms with Crippen LogP contribution in [0.5, 0.6) is 5.75 Å². The lowest BCUT2D eigenvalue weighted by Crippen LogP contribution is -2.47. The van der Waals surface area contributed by atoms with Gasteiger partial charge in [-0.25, -0.2) is 0 Å². The Kier molecular flexibility index (Phi) is 6.57. The van der Waals surface area contributed by atoms with Crippen LogP contribution in [-0.2, 0) is 17.7 Å². The van der Waals surface area contributed by atoms with Gasteiger partial charge < -0.3 is 14.0 Å². The predicted octanol–water partition coefficient (Wildman–Crippen LogP) is 3.65. The molecule has 0 unspecified atom stereocenters. The second kappa shape index (κ2) is 8.93. The zero-order valence-corrected chi connectivity index (χ0v) is 17.7. The van der Waals surface area contributed by atoms with Crippen molar-refractivity contribution in [2.75, 3.05) is 26.7 Å². The molecule has 5 nitrogen and oxygen atoms in total. The molecule has 3 rings (SSSR count). The van der Waals surface area contributed by atoms with Crippen molar-refractivity contribution in [1.82, 2.24) is 9.47 Å². The molecule has 0 spiro atoms. The summed E-state index contributed by atoms with van der Waals surface area (Å²) >= 11 is 0. The fraction of sp³-hybridized carbons (Fsp3) is 0.522. The number of ether oxygens (including phenoxy) is 2. The third-order valence-corrected chi connectivity index (χ3v) is 5.52. The Balaban J connectivity index is 1.65. The van der Waals surface area contributed by atoms with E-state index < -0.39 is 0 Å². The standard InChI is InChI=1S/C23H32N2O3/c1-16-12-22(23(26)15-24-13-17(2)28-18(3)14-24)19(4)25(16)11-10-20-6-8-21(27-5)9-7-20/h6-9,12,17-18H,10-11,13-15H2,1-5H3/t17-,18-/m0/s1. The minimum Gasteiger partial charge on any atom is -0.497 e. The van der Waals surface area contributed by atoms with Crippen molar-refractivity contribution in [2.24, 2.45) is 0 Å². The van der Waals surface area contributed by atoms with Gasteiger partial charge in [0.2, 0.25) is 0 Å². The van der Waals surface area contributed by atoms with Crippen molar-refractivity contribution in [1.29, 1.82) is 0 Å². The maximum Gasteiger partial charge on any atom is 0.178 e. The summed E-state index contributed by atoms with van der Waals surface area (Å²) in [7, 11) is 1.68. The first kappa shape index (κ1) is 20.6. The largest absolute Gasteiger partial charge is 0.497 e. The van der Waals surface area contributed by atoms with Crippen LogP contribution in [0.15, 0.2) is 30.3 Å². The van der Waals surface area contributed by atoms with Crippen LogP contribution < -0.4 is 4.74 Å². The normalized spacial score (nSPS) is 20.3. The average molecular weight is 385 g/mol. The lowest BCUT2D eigenvalue weighted by atomic mass is 10.1. The highest BCUT2D eigenvalue weighted by Crippen LogP contribution is 2.19. The summed E-state index contributed by atoms with van der Waals surface area (Å²) in [6.45, 7) is 11.2. The summed E-state index contributed by atoms with van der Waals surface area (Å²) in [5.41, 5.74) is 4.31. The highest BCUT2D eigenvalue weighted by atomic mass is 16.5. The number of methoxy groups -OCH3 is 1. The lowest BCUT2D eigenvalue weighted by molar-refractivity contribution is -0.0652. The molecule has 2 heterocycles. The second-order valence-electron chi connectivity index (χ2n) is 7.91. The molecule has 1 aromatic carbocycles. The highest BCUT2D eigenvalue weighted by molar-refractivity contribution is 5.99. The van der Waals surface area contributed by atoms with Crippen molar-refractivity contribution >= 4 is 5.78 Å². The number of aromatic nitrogens is 1. The highest BCUT2D eigenvalue weighted by Gasteiger charge is 2.25. The number of nitrogens with zero attached hydrogens (tertiary/aromatic N) is 2. The van der Waals surface area contributed by atoms with Crippen LogP contribution in [0.2, 0.25) is 0 Å². The number of carbonyl (C=O) groups excluding carboxylic acids is 1. The molecule has 2 atom stereocenters. The zero-order chi connectivity index (χ0) is 20.3. The Morgan fingerprint density at radius 2 is 1.79 bits per heavy atom. The third-order valence-electron chi connectivity index (χ3n) is 5.52. The summed E-state index contributed by atoms with van der Waals surface area (Å²) in [6, 6.07) is 10.2. The summed E-state index contributed by atoms with van der Waals surface area (Å²) in [4.78, 5) is 15.2. The molecule has 28 heavy (non-hydrogen) atoms. The molecule has 1 aliphatic rings. The van der Waals surface area contributed by atoms with Crippen LogP contribution >= 0.6 is 0 Å². The Morgan fingerprint density at radius 3 is 2.39 bits per heavy atom. The smallest absolute Gasteiger partial charge is 0.178 e. The summed E-state index contributed by atoms with van der Waals surface area (Å²) < 4.78 is 13.2. The maximum absolute atomic E-state index is 12.9. The van der Waals surface area contributed by atoms with Gasteiger partial charge in [-0.2, -0.15) is 0 Å². The van der Waals surface area contributed by atoms with E-state index in [1.165, 1.54) is 5.56 Å². The Morgan fingerprint density at radius 1 is 1.14 bits per heavy atom. The summed E-state index contributed by atoms with van der Waals surface area (Å²) in [6.07, 6.45) is 1.27. The molecule has 0 N–H and O–H groups in total. The third kappa shape index (κ3) is 4.83. The van der Waals surface area contributed by atoms with Crippen molar-refractivity contribution in [2.45, 2.75) is 52.9 Å². The van der Waals surface area contributed by atoms with E-state index in [9.17, 15) is 4.79 Å². The molecule has 5 heteroatoms. The first-order chi connectivity index (χ1) is 13.4. The molecule has 0 radical (unpaired) electrons. The summed E-state index contributed by atoms with van der Waals surface area (Å²) in [5.74, 6) is 1.07. The fourth-order valence-electron chi connectivity index (χ4n) is 4.16. The number of hydrogen-bond donors (Lipinski definition) is 0. The molecular weight excluding hydrogens is 352 g/mol. The van der Waals surface area contributed by atoms with Crippen molar-refractivity contribution < 1.29 is 14.3 Å². The maximum atomic E-state index is 12.9. The van der Waals surface area contributed by atoms with Crippen LogP contribution in [0, 0.1) is 13.8 Å². The molecule has 1 fully saturated rings. The molecule has 0 saturated carbocycles. The van der Waals surface area contributed by atoms with Gasteiger partial charge in [0.25, 0.3) is 0 Å². The van der Waals surface area contributed by atoms with Gasteiger partial charge in [0.05, 0.1) is 25.9 Å². The number of aryl methyl sites for hydroxylation is 2. The lowest BCUT2D eigenvalue weighted by Gasteiger charge is -2.34. The van der Waals surface area contributed by atoms with Gasteiger partial charge in [0, 0.05) is 36.6 Å². The van der Waals surface area contributed by atoms with E-state index in [4.69, 9.17) is 9.47 Å². The molecule has 1 saturated heterocycles. The zero-order valence-electron chi connectivity index (χ0n) is 17.7. The molecule has 152 valence electrons. The van der Waals surface area contributed by atoms with E-state index in [0.717, 1.165) is 48.8 Å². The van der Waals surface area contributed by atoms with E-state index in [2.05, 4.69) is 49.3 Å². The fourth-order valence-corrected chi connectivity index (χ4v) is 4.16. The number of hydrogen-bond acceptors (Lipinski definition) is 4. The van der Waals surface area contributed by atoms with E-state index in [1.54, 1.807) is 7.11 Å². The second-order valence-corrected chi connectivity index (χ2v) is 7.91. The quantitative estimate of drug-likeness (QED) is 0.684. The van der Waals surface area contributed by atoms with Crippen LogP contribution in [0.25, 0.3) is 0 Å². The van der Waals surface area contributed by atoms with Crippen molar-refractivity contribution in [3.8, 4) is 5.75 Å². The number of carbonyl (C=O) groups is 1. The van der Waals surface area contributed by atoms with E-state index in [1.807, 2.05) is 18.2 Å². The van der Waals surface area contributed by atoms with E-state index >= 15 is 0 Å². The number of benzene rings is 1. The molecule has 0 amide bonds. The van der Waals surface area contributed by atoms with Crippen LogP contribution in [0.4, 0.5) is 0 Å². The van der Waals surface area contributed by atoms with Gasteiger partial charge in [-0.1, -0.05) is 12.1 Å². The van der Waals surface area contributed by atoms with E-state index in [0.29, 0.717) is 6.54 Å². The predicted molar refractivity (Wildman–Crippen MR) is 111 cm³/mol. The molecule has 1 aliphatic heterocycles. The van der Waals surface area contributed by atoms with Gasteiger partial charge in [-0.15, -0.1) is 0 Å². The number of ketones is 1. The Labute approximate surface area is 168 Å². The van der Waals surface area contributed by atoms with Gasteiger partial charge >= 0.3 is 0 Å². The topological polar surface area (TPSA) is 43.7 Å². The molecule has 2 aromatic rings. The Bertz CT molecular complexity index is 800. The molecule has 1 aromatic heterocycles. The van der Waals surface area contributed by atoms with Crippen molar-refractivity contribution in [3.05, 3.63) is 52.8 Å². The van der Waals surface area contributed by atoms with E-state index in [-0.39, 0.29) is 18.0 Å². The van der Waals surface area contributed by atoms with Crippen LogP contribution in [-0.4, -0.2) is 54.2 Å². The SMILES string of the molecule is COc1ccc(CCn2c(C)cc(C(=O)CN3C[C@H](C)O[C@@H](C)C3)c2C)cc1. The minimum atomic E-state index is 0.175. The Hall–Kier alpha value is -2.11. The van der Waals surface area contributed by atoms with Gasteiger partial charge in [-0.05, 0) is 57.9 Å². The average Bonchev–Trinajstić information content (AvgIpc) is 2.93. The van der Waals surface area contributed by atoms with Crippen LogP contribution in [0.1, 0.15) is 41.2 Å². The number of Topliss-reactive ketones (excluding diaryl/α,β-unsaturated/α-hetero) is 1. The molecule has 0 aliphatic carbocycles. The van der Waals surface area contributed by atoms with Gasteiger partial charge in [-0.3, -0.25) is 9.69 Å². The summed E-state index contributed by atoms with van der Waals surface area (Å²) in [5, 5.41) is 0. The number of rotatable bonds is 7. The molecule has 0 bridgehead atoms. The van der Waals surface area contributed by atoms with Crippen LogP contribution in [0.3, 0.4) is 0 Å². The monoisotopic (exact) mass is 384 g/mol. The number of morpholine rings is 1. The molecular formula is C23H32N2O3. The van der Waals surface area contributed by atoms with Gasteiger partial charge in [0.15, 0.2) is 5.78 Å². The van der Waals surface area contributed by atoms with Gasteiger partial charge in [0.1, 0.15) is 5.75 Å². The minimum absolute atomic E-state index is 0.175. The van der Waals surface area contributed by atoms with Crippen molar-refractivity contribution in [3.63, 3.8) is 0 Å². The first-order valence-corrected chi connectivity index (χ1v) is 10.1.